The Kier molecular flexibility index (Phi) is 6.82. The zero-order chi connectivity index (χ0) is 13.7. The van der Waals surface area contributed by atoms with Crippen molar-refractivity contribution in [3.05, 3.63) is 29.8 Å². The largest absolute Gasteiger partial charge is 0.491 e. The van der Waals surface area contributed by atoms with Crippen LogP contribution in [-0.2, 0) is 11.3 Å². The lowest BCUT2D eigenvalue weighted by molar-refractivity contribution is -0.124. The molecule has 1 aromatic rings. The van der Waals surface area contributed by atoms with Crippen molar-refractivity contribution < 1.29 is 9.53 Å². The van der Waals surface area contributed by atoms with Gasteiger partial charge in [-0.15, -0.1) is 12.4 Å². The SMILES string of the molecule is CC(C)Oc1ccccc1CNC(=O)C1CCNC1.Cl. The maximum Gasteiger partial charge on any atom is 0.224 e. The number of nitrogens with one attached hydrogen (secondary N) is 2. The summed E-state index contributed by atoms with van der Waals surface area (Å²) in [7, 11) is 0. The molecule has 1 saturated heterocycles. The van der Waals surface area contributed by atoms with Crippen molar-refractivity contribution in [1.29, 1.82) is 0 Å². The summed E-state index contributed by atoms with van der Waals surface area (Å²) in [5, 5.41) is 6.20. The molecule has 112 valence electrons. The van der Waals surface area contributed by atoms with Gasteiger partial charge in [-0.2, -0.15) is 0 Å². The van der Waals surface area contributed by atoms with Gasteiger partial charge in [-0.3, -0.25) is 4.79 Å². The Morgan fingerprint density at radius 1 is 1.45 bits per heavy atom. The van der Waals surface area contributed by atoms with Crippen LogP contribution < -0.4 is 15.4 Å². The van der Waals surface area contributed by atoms with Crippen LogP contribution in [0.5, 0.6) is 5.75 Å². The summed E-state index contributed by atoms with van der Waals surface area (Å²) in [6.07, 6.45) is 1.06. The molecule has 20 heavy (non-hydrogen) atoms. The molecule has 2 N–H and O–H groups in total. The second kappa shape index (κ2) is 8.12. The first-order chi connectivity index (χ1) is 9.16. The minimum Gasteiger partial charge on any atom is -0.491 e. The molecule has 4 nitrogen and oxygen atoms in total. The van der Waals surface area contributed by atoms with Crippen LogP contribution in [0.2, 0.25) is 0 Å². The molecule has 0 aliphatic carbocycles. The predicted molar refractivity (Wildman–Crippen MR) is 82.3 cm³/mol. The van der Waals surface area contributed by atoms with E-state index >= 15 is 0 Å². The van der Waals surface area contributed by atoms with Crippen LogP contribution in [0.4, 0.5) is 0 Å². The molecule has 1 heterocycles. The minimum absolute atomic E-state index is 0. The number of benzene rings is 1. The van der Waals surface area contributed by atoms with Crippen LogP contribution >= 0.6 is 12.4 Å². The Morgan fingerprint density at radius 3 is 2.85 bits per heavy atom. The van der Waals surface area contributed by atoms with E-state index in [4.69, 9.17) is 4.74 Å². The molecule has 5 heteroatoms. The van der Waals surface area contributed by atoms with E-state index in [0.29, 0.717) is 6.54 Å². The fourth-order valence-electron chi connectivity index (χ4n) is 2.22. The highest BCUT2D eigenvalue weighted by molar-refractivity contribution is 5.85. The Labute approximate surface area is 126 Å². The van der Waals surface area contributed by atoms with E-state index in [1.165, 1.54) is 0 Å². The molecular formula is C15H23ClN2O2. The summed E-state index contributed by atoms with van der Waals surface area (Å²) in [5.74, 6) is 1.09. The molecule has 0 radical (unpaired) electrons. The second-order valence-corrected chi connectivity index (χ2v) is 5.18. The lowest BCUT2D eigenvalue weighted by Crippen LogP contribution is -2.31. The average molecular weight is 299 g/mol. The summed E-state index contributed by atoms with van der Waals surface area (Å²) >= 11 is 0. The van der Waals surface area contributed by atoms with Crippen LogP contribution in [0.1, 0.15) is 25.8 Å². The Hall–Kier alpha value is -1.26. The van der Waals surface area contributed by atoms with Crippen LogP contribution in [0, 0.1) is 5.92 Å². The summed E-state index contributed by atoms with van der Waals surface area (Å²) in [6, 6.07) is 7.85. The van der Waals surface area contributed by atoms with Gasteiger partial charge in [0.05, 0.1) is 12.0 Å². The molecular weight excluding hydrogens is 276 g/mol. The number of ether oxygens (including phenoxy) is 1. The lowest BCUT2D eigenvalue weighted by atomic mass is 10.1. The van der Waals surface area contributed by atoms with Gasteiger partial charge in [0.15, 0.2) is 0 Å². The van der Waals surface area contributed by atoms with Gasteiger partial charge in [0.25, 0.3) is 0 Å². The van der Waals surface area contributed by atoms with Crippen LogP contribution in [0.3, 0.4) is 0 Å². The summed E-state index contributed by atoms with van der Waals surface area (Å²) in [6.45, 7) is 6.25. The zero-order valence-electron chi connectivity index (χ0n) is 12.0. The fourth-order valence-corrected chi connectivity index (χ4v) is 2.22. The summed E-state index contributed by atoms with van der Waals surface area (Å²) in [5.41, 5.74) is 1.02. The number of carbonyl (C=O) groups is 1. The van der Waals surface area contributed by atoms with Gasteiger partial charge >= 0.3 is 0 Å². The first-order valence-corrected chi connectivity index (χ1v) is 6.90. The highest BCUT2D eigenvalue weighted by Gasteiger charge is 2.22. The van der Waals surface area contributed by atoms with Gasteiger partial charge in [0.1, 0.15) is 5.75 Å². The van der Waals surface area contributed by atoms with E-state index in [0.717, 1.165) is 30.8 Å². The van der Waals surface area contributed by atoms with E-state index in [-0.39, 0.29) is 30.3 Å². The quantitative estimate of drug-likeness (QED) is 0.875. The molecule has 0 aromatic heterocycles. The topological polar surface area (TPSA) is 50.4 Å². The van der Waals surface area contributed by atoms with Crippen LogP contribution in [0.25, 0.3) is 0 Å². The van der Waals surface area contributed by atoms with Gasteiger partial charge in [-0.25, -0.2) is 0 Å². The van der Waals surface area contributed by atoms with Crippen LogP contribution in [-0.4, -0.2) is 25.1 Å². The molecule has 1 amide bonds. The molecule has 1 unspecified atom stereocenters. The van der Waals surface area contributed by atoms with E-state index in [1.807, 2.05) is 38.1 Å². The Bertz CT molecular complexity index is 432. The molecule has 1 atom stereocenters. The van der Waals surface area contributed by atoms with Crippen molar-refractivity contribution in [1.82, 2.24) is 10.6 Å². The van der Waals surface area contributed by atoms with E-state index in [9.17, 15) is 4.79 Å². The van der Waals surface area contributed by atoms with Gasteiger partial charge in [-0.1, -0.05) is 18.2 Å². The lowest BCUT2D eigenvalue weighted by Gasteiger charge is -2.15. The van der Waals surface area contributed by atoms with Crippen molar-refractivity contribution in [2.75, 3.05) is 13.1 Å². The van der Waals surface area contributed by atoms with Gasteiger partial charge in [0, 0.05) is 18.7 Å². The van der Waals surface area contributed by atoms with E-state index < -0.39 is 0 Å². The molecule has 0 spiro atoms. The number of carbonyl (C=O) groups excluding carboxylic acids is 1. The van der Waals surface area contributed by atoms with Crippen molar-refractivity contribution in [3.63, 3.8) is 0 Å². The van der Waals surface area contributed by atoms with Crippen molar-refractivity contribution in [3.8, 4) is 5.75 Å². The smallest absolute Gasteiger partial charge is 0.224 e. The summed E-state index contributed by atoms with van der Waals surface area (Å²) < 4.78 is 5.74. The standard InChI is InChI=1S/C15H22N2O2.ClH/c1-11(2)19-14-6-4-3-5-12(14)10-17-15(18)13-7-8-16-9-13;/h3-6,11,13,16H,7-10H2,1-2H3,(H,17,18);1H. The molecule has 1 aliphatic rings. The Balaban J connectivity index is 0.00000200. The third-order valence-corrected chi connectivity index (χ3v) is 3.22. The van der Waals surface area contributed by atoms with Crippen molar-refractivity contribution in [2.24, 2.45) is 5.92 Å². The Morgan fingerprint density at radius 2 is 2.20 bits per heavy atom. The first-order valence-electron chi connectivity index (χ1n) is 6.90. The van der Waals surface area contributed by atoms with Crippen molar-refractivity contribution >= 4 is 18.3 Å². The molecule has 0 bridgehead atoms. The number of hydrogen-bond acceptors (Lipinski definition) is 3. The number of amides is 1. The van der Waals surface area contributed by atoms with Gasteiger partial charge < -0.3 is 15.4 Å². The first kappa shape index (κ1) is 16.8. The van der Waals surface area contributed by atoms with E-state index in [1.54, 1.807) is 0 Å². The normalized spacial score (nSPS) is 17.6. The maximum absolute atomic E-state index is 12.0. The van der Waals surface area contributed by atoms with Gasteiger partial charge in [-0.05, 0) is 32.9 Å². The molecule has 0 saturated carbocycles. The minimum atomic E-state index is 0. The number of para-hydroxylation sites is 1. The molecule has 2 rings (SSSR count). The predicted octanol–water partition coefficient (Wildman–Crippen LogP) is 2.12. The number of hydrogen-bond donors (Lipinski definition) is 2. The summed E-state index contributed by atoms with van der Waals surface area (Å²) in [4.78, 5) is 12.0. The fraction of sp³-hybridized carbons (Fsp3) is 0.533. The monoisotopic (exact) mass is 298 g/mol. The molecule has 1 aliphatic heterocycles. The third-order valence-electron chi connectivity index (χ3n) is 3.22. The van der Waals surface area contributed by atoms with Crippen LogP contribution in [0.15, 0.2) is 24.3 Å². The highest BCUT2D eigenvalue weighted by Crippen LogP contribution is 2.19. The molecule has 1 fully saturated rings. The highest BCUT2D eigenvalue weighted by atomic mass is 35.5. The maximum atomic E-state index is 12.0. The number of rotatable bonds is 5. The molecule has 1 aromatic carbocycles. The average Bonchev–Trinajstić information content (AvgIpc) is 2.90. The number of halogens is 1. The van der Waals surface area contributed by atoms with E-state index in [2.05, 4.69) is 10.6 Å². The second-order valence-electron chi connectivity index (χ2n) is 5.18. The zero-order valence-corrected chi connectivity index (χ0v) is 12.8. The van der Waals surface area contributed by atoms with Gasteiger partial charge in [0.2, 0.25) is 5.91 Å². The third kappa shape index (κ3) is 4.69. The van der Waals surface area contributed by atoms with Crippen molar-refractivity contribution in [2.45, 2.75) is 32.9 Å².